The van der Waals surface area contributed by atoms with Gasteiger partial charge in [-0.15, -0.1) is 0 Å². The maximum Gasteiger partial charge on any atom is 0.245 e. The lowest BCUT2D eigenvalue weighted by Gasteiger charge is -2.31. The van der Waals surface area contributed by atoms with E-state index in [-0.39, 0.29) is 23.9 Å². The number of nitrogens with two attached hydrogens (primary N) is 1. The molecule has 1 fully saturated rings. The van der Waals surface area contributed by atoms with E-state index in [2.05, 4.69) is 22.1 Å². The number of nitrogens with one attached hydrogen (secondary N) is 1. The largest absolute Gasteiger partial charge is 0.353 e. The second-order valence-corrected chi connectivity index (χ2v) is 6.39. The molecular formula is C13H16N4O3S. The van der Waals surface area contributed by atoms with E-state index < -0.39 is 16.1 Å². The zero-order valence-corrected chi connectivity index (χ0v) is 12.4. The molecule has 1 aromatic rings. The molecule has 0 aliphatic carbocycles. The number of aromatic nitrogens is 1. The monoisotopic (exact) mass is 308 g/mol. The molecule has 1 aromatic heterocycles. The number of pyridine rings is 1. The van der Waals surface area contributed by atoms with Gasteiger partial charge in [0.2, 0.25) is 15.9 Å². The van der Waals surface area contributed by atoms with Gasteiger partial charge >= 0.3 is 0 Å². The first-order chi connectivity index (χ1) is 9.96. The van der Waals surface area contributed by atoms with Crippen molar-refractivity contribution in [3.63, 3.8) is 0 Å². The molecule has 2 rings (SSSR count). The van der Waals surface area contributed by atoms with E-state index in [1.165, 1.54) is 22.8 Å². The Balaban J connectivity index is 2.37. The van der Waals surface area contributed by atoms with Crippen molar-refractivity contribution in [3.05, 3.63) is 24.0 Å². The predicted octanol–water partition coefficient (Wildman–Crippen LogP) is -1.10. The van der Waals surface area contributed by atoms with E-state index in [9.17, 15) is 13.2 Å². The topological polar surface area (TPSA) is 105 Å². The molecule has 2 heterocycles. The van der Waals surface area contributed by atoms with E-state index in [4.69, 9.17) is 5.73 Å². The summed E-state index contributed by atoms with van der Waals surface area (Å²) in [6.07, 6.45) is 2.72. The minimum absolute atomic E-state index is 0.0212. The lowest BCUT2D eigenvalue weighted by Crippen LogP contribution is -2.55. The van der Waals surface area contributed by atoms with Crippen molar-refractivity contribution in [1.29, 1.82) is 0 Å². The fraction of sp³-hybridized carbons (Fsp3) is 0.385. The van der Waals surface area contributed by atoms with Gasteiger partial charge in [0, 0.05) is 31.0 Å². The number of nitrogens with zero attached hydrogens (tertiary/aromatic N) is 2. The minimum atomic E-state index is -3.78. The Morgan fingerprint density at radius 1 is 1.52 bits per heavy atom. The zero-order valence-electron chi connectivity index (χ0n) is 11.5. The summed E-state index contributed by atoms with van der Waals surface area (Å²) < 4.78 is 26.4. The number of hydrogen-bond acceptors (Lipinski definition) is 5. The van der Waals surface area contributed by atoms with E-state index in [0.29, 0.717) is 12.1 Å². The van der Waals surface area contributed by atoms with Gasteiger partial charge in [-0.05, 0) is 13.0 Å². The van der Waals surface area contributed by atoms with Crippen molar-refractivity contribution in [3.8, 4) is 11.8 Å². The van der Waals surface area contributed by atoms with Crippen molar-refractivity contribution in [2.75, 3.05) is 19.6 Å². The summed E-state index contributed by atoms with van der Waals surface area (Å²) >= 11 is 0. The molecule has 1 saturated heterocycles. The van der Waals surface area contributed by atoms with Crippen LogP contribution in [0.4, 0.5) is 0 Å². The summed E-state index contributed by atoms with van der Waals surface area (Å²) in [5.74, 6) is 5.08. The lowest BCUT2D eigenvalue weighted by molar-refractivity contribution is -0.126. The Morgan fingerprint density at radius 2 is 2.29 bits per heavy atom. The van der Waals surface area contributed by atoms with E-state index in [1.807, 2.05) is 0 Å². The Bertz CT molecular complexity index is 706. The lowest BCUT2D eigenvalue weighted by atomic mass is 10.2. The smallest absolute Gasteiger partial charge is 0.245 e. The summed E-state index contributed by atoms with van der Waals surface area (Å²) in [6, 6.07) is 0.687. The van der Waals surface area contributed by atoms with Gasteiger partial charge in [0.1, 0.15) is 10.9 Å². The van der Waals surface area contributed by atoms with Gasteiger partial charge in [-0.3, -0.25) is 9.78 Å². The molecule has 7 nitrogen and oxygen atoms in total. The summed E-state index contributed by atoms with van der Waals surface area (Å²) in [5, 5.41) is 2.63. The molecule has 1 amide bonds. The molecule has 8 heteroatoms. The Morgan fingerprint density at radius 3 is 3.00 bits per heavy atom. The number of piperazine rings is 1. The molecule has 112 valence electrons. The van der Waals surface area contributed by atoms with Gasteiger partial charge in [0.05, 0.1) is 6.54 Å². The van der Waals surface area contributed by atoms with Gasteiger partial charge in [0.15, 0.2) is 0 Å². The first kappa shape index (κ1) is 15.4. The number of carbonyl (C=O) groups excluding carboxylic acids is 1. The molecule has 0 bridgehead atoms. The van der Waals surface area contributed by atoms with Crippen LogP contribution < -0.4 is 11.1 Å². The molecule has 1 aliphatic rings. The first-order valence-corrected chi connectivity index (χ1v) is 7.84. The quantitative estimate of drug-likeness (QED) is 0.675. The van der Waals surface area contributed by atoms with Gasteiger partial charge in [0.25, 0.3) is 0 Å². The number of carbonyl (C=O) groups is 1. The fourth-order valence-corrected chi connectivity index (χ4v) is 3.59. The Labute approximate surface area is 123 Å². The van der Waals surface area contributed by atoms with E-state index >= 15 is 0 Å². The summed E-state index contributed by atoms with van der Waals surface area (Å²) in [4.78, 5) is 15.5. The zero-order chi connectivity index (χ0) is 15.5. The average molecular weight is 308 g/mol. The van der Waals surface area contributed by atoms with Crippen LogP contribution in [0.15, 0.2) is 23.4 Å². The van der Waals surface area contributed by atoms with E-state index in [1.54, 1.807) is 6.92 Å². The highest BCUT2D eigenvalue weighted by Crippen LogP contribution is 2.19. The number of amides is 1. The molecule has 0 aromatic carbocycles. The van der Waals surface area contributed by atoms with Crippen LogP contribution in [-0.4, -0.2) is 49.3 Å². The van der Waals surface area contributed by atoms with Gasteiger partial charge in [-0.2, -0.15) is 4.31 Å². The summed E-state index contributed by atoms with van der Waals surface area (Å²) in [7, 11) is -3.78. The second kappa shape index (κ2) is 6.22. The average Bonchev–Trinajstić information content (AvgIpc) is 2.48. The third-order valence-corrected chi connectivity index (χ3v) is 5.03. The molecule has 0 saturated carbocycles. The van der Waals surface area contributed by atoms with Gasteiger partial charge in [-0.1, -0.05) is 11.8 Å². The summed E-state index contributed by atoms with van der Waals surface area (Å²) in [6.45, 7) is 2.26. The highest BCUT2D eigenvalue weighted by atomic mass is 32.2. The van der Waals surface area contributed by atoms with Crippen LogP contribution in [0, 0.1) is 11.8 Å². The molecule has 1 unspecified atom stereocenters. The Hall–Kier alpha value is -1.95. The maximum absolute atomic E-state index is 12.6. The van der Waals surface area contributed by atoms with Crippen LogP contribution >= 0.6 is 0 Å². The third-order valence-electron chi connectivity index (χ3n) is 3.10. The first-order valence-electron chi connectivity index (χ1n) is 6.40. The summed E-state index contributed by atoms with van der Waals surface area (Å²) in [5.41, 5.74) is 5.75. The second-order valence-electron chi connectivity index (χ2n) is 4.50. The molecule has 3 N–H and O–H groups in total. The van der Waals surface area contributed by atoms with Crippen molar-refractivity contribution < 1.29 is 13.2 Å². The predicted molar refractivity (Wildman–Crippen MR) is 76.5 cm³/mol. The standard InChI is InChI=1S/C13H16N4O3S/c1-10-13(18)16-5-6-17(10)21(19,20)12-7-11(3-2-4-14)8-15-9-12/h7-10H,4-6,14H2,1H3,(H,16,18). The van der Waals surface area contributed by atoms with Crippen LogP contribution in [-0.2, 0) is 14.8 Å². The van der Waals surface area contributed by atoms with Crippen molar-refractivity contribution in [2.24, 2.45) is 5.73 Å². The minimum Gasteiger partial charge on any atom is -0.353 e. The van der Waals surface area contributed by atoms with Gasteiger partial charge in [-0.25, -0.2) is 8.42 Å². The Kier molecular flexibility index (Phi) is 4.57. The molecule has 21 heavy (non-hydrogen) atoms. The molecule has 0 spiro atoms. The maximum atomic E-state index is 12.6. The molecule has 1 aliphatic heterocycles. The number of rotatable bonds is 2. The highest BCUT2D eigenvalue weighted by Gasteiger charge is 2.35. The highest BCUT2D eigenvalue weighted by molar-refractivity contribution is 7.89. The van der Waals surface area contributed by atoms with Gasteiger partial charge < -0.3 is 11.1 Å². The van der Waals surface area contributed by atoms with Crippen LogP contribution in [0.1, 0.15) is 12.5 Å². The van der Waals surface area contributed by atoms with Crippen molar-refractivity contribution in [2.45, 2.75) is 17.9 Å². The SMILES string of the molecule is CC1C(=O)NCCN1S(=O)(=O)c1cncc(C#CCN)c1. The van der Waals surface area contributed by atoms with Crippen molar-refractivity contribution in [1.82, 2.24) is 14.6 Å². The number of hydrogen-bond donors (Lipinski definition) is 2. The van der Waals surface area contributed by atoms with Crippen LogP contribution in [0.3, 0.4) is 0 Å². The number of sulfonamides is 1. The third kappa shape index (κ3) is 3.21. The normalized spacial score (nSPS) is 19.5. The fourth-order valence-electron chi connectivity index (χ4n) is 2.01. The van der Waals surface area contributed by atoms with Crippen LogP contribution in [0.5, 0.6) is 0 Å². The van der Waals surface area contributed by atoms with Crippen molar-refractivity contribution >= 4 is 15.9 Å². The van der Waals surface area contributed by atoms with Crippen LogP contribution in [0.2, 0.25) is 0 Å². The molecule has 0 radical (unpaired) electrons. The molecular weight excluding hydrogens is 292 g/mol. The van der Waals surface area contributed by atoms with Crippen LogP contribution in [0.25, 0.3) is 0 Å². The molecule has 1 atom stereocenters. The van der Waals surface area contributed by atoms with E-state index in [0.717, 1.165) is 0 Å².